The second-order valence-corrected chi connectivity index (χ2v) is 8.85. The Labute approximate surface area is 219 Å². The van der Waals surface area contributed by atoms with Crippen LogP contribution in [0, 0.1) is 0 Å². The summed E-state index contributed by atoms with van der Waals surface area (Å²) in [6, 6.07) is 23.4. The molecule has 0 amide bonds. The van der Waals surface area contributed by atoms with Gasteiger partial charge in [0.2, 0.25) is 0 Å². The third kappa shape index (κ3) is 10.4. The number of carbonyl (C=O) groups is 1. The lowest BCUT2D eigenvalue weighted by atomic mass is 10.0. The minimum absolute atomic E-state index is 0.279. The predicted octanol–water partition coefficient (Wildman–Crippen LogP) is 4.09. The van der Waals surface area contributed by atoms with E-state index < -0.39 is 12.1 Å². The number of hydrogen-bond donors (Lipinski definition) is 3. The fourth-order valence-electron chi connectivity index (χ4n) is 3.87. The van der Waals surface area contributed by atoms with Gasteiger partial charge < -0.3 is 29.7 Å². The van der Waals surface area contributed by atoms with Gasteiger partial charge in [-0.05, 0) is 53.8 Å². The molecule has 0 saturated heterocycles. The molecule has 3 aromatic rings. The molecular formula is C30H37NO6. The zero-order valence-corrected chi connectivity index (χ0v) is 21.4. The Bertz CT molecular complexity index is 1090. The Hall–Kier alpha value is -3.07. The van der Waals surface area contributed by atoms with Gasteiger partial charge in [0.25, 0.3) is 0 Å². The summed E-state index contributed by atoms with van der Waals surface area (Å²) in [5.41, 5.74) is 4.62. The molecule has 0 aliphatic heterocycles. The van der Waals surface area contributed by atoms with Crippen LogP contribution in [0.2, 0.25) is 0 Å². The van der Waals surface area contributed by atoms with E-state index in [9.17, 15) is 15.0 Å². The first-order valence-corrected chi connectivity index (χ1v) is 12.6. The molecule has 0 saturated carbocycles. The number of benzene rings is 3. The predicted molar refractivity (Wildman–Crippen MR) is 142 cm³/mol. The van der Waals surface area contributed by atoms with Crippen LogP contribution in [0.5, 0.6) is 5.75 Å². The maximum Gasteiger partial charge on any atom is 0.308 e. The van der Waals surface area contributed by atoms with Crippen LogP contribution in [0.4, 0.5) is 0 Å². The standard InChI is InChI=1S/C30H37NO6/c1-23(33)37-30-12-11-27(18-28(30)20-32)29(34)19-31-14-13-24-9-5-10-26(17-24)22-36-16-6-15-35-21-25-7-3-2-4-8-25/h2-5,7-12,17-18,29,31-32,34H,6,13-16,19-22H2,1H3. The summed E-state index contributed by atoms with van der Waals surface area (Å²) in [4.78, 5) is 11.2. The van der Waals surface area contributed by atoms with E-state index in [2.05, 4.69) is 35.6 Å². The number of carbonyl (C=O) groups excluding carboxylic acids is 1. The van der Waals surface area contributed by atoms with Gasteiger partial charge in [0.1, 0.15) is 5.75 Å². The van der Waals surface area contributed by atoms with E-state index in [1.165, 1.54) is 18.1 Å². The van der Waals surface area contributed by atoms with E-state index in [4.69, 9.17) is 14.2 Å². The van der Waals surface area contributed by atoms with Gasteiger partial charge in [-0.25, -0.2) is 0 Å². The van der Waals surface area contributed by atoms with Crippen molar-refractivity contribution in [1.82, 2.24) is 5.32 Å². The Morgan fingerprint density at radius 1 is 0.892 bits per heavy atom. The van der Waals surface area contributed by atoms with Crippen molar-refractivity contribution in [3.05, 3.63) is 101 Å². The largest absolute Gasteiger partial charge is 0.426 e. The summed E-state index contributed by atoms with van der Waals surface area (Å²) < 4.78 is 16.6. The molecule has 3 N–H and O–H groups in total. The topological polar surface area (TPSA) is 97.3 Å². The number of aliphatic hydroxyl groups is 2. The van der Waals surface area contributed by atoms with Gasteiger partial charge in [0.05, 0.1) is 25.9 Å². The van der Waals surface area contributed by atoms with E-state index in [0.717, 1.165) is 18.4 Å². The maximum absolute atomic E-state index is 11.2. The average Bonchev–Trinajstić information content (AvgIpc) is 2.91. The van der Waals surface area contributed by atoms with Crippen LogP contribution in [0.25, 0.3) is 0 Å². The van der Waals surface area contributed by atoms with Gasteiger partial charge in [-0.3, -0.25) is 4.79 Å². The van der Waals surface area contributed by atoms with Crippen LogP contribution in [-0.2, 0) is 40.5 Å². The average molecular weight is 508 g/mol. The highest BCUT2D eigenvalue weighted by atomic mass is 16.5. The van der Waals surface area contributed by atoms with Crippen LogP contribution >= 0.6 is 0 Å². The molecule has 3 aromatic carbocycles. The van der Waals surface area contributed by atoms with Gasteiger partial charge in [-0.1, -0.05) is 60.7 Å². The molecule has 1 atom stereocenters. The number of rotatable bonds is 16. The van der Waals surface area contributed by atoms with Crippen LogP contribution in [0.15, 0.2) is 72.8 Å². The van der Waals surface area contributed by atoms with Crippen molar-refractivity contribution < 1.29 is 29.2 Å². The van der Waals surface area contributed by atoms with Crippen molar-refractivity contribution in [2.45, 2.75) is 45.7 Å². The fourth-order valence-corrected chi connectivity index (χ4v) is 3.87. The first-order chi connectivity index (χ1) is 18.0. The lowest BCUT2D eigenvalue weighted by molar-refractivity contribution is -0.131. The van der Waals surface area contributed by atoms with Crippen LogP contribution < -0.4 is 10.1 Å². The van der Waals surface area contributed by atoms with Gasteiger partial charge in [-0.2, -0.15) is 0 Å². The van der Waals surface area contributed by atoms with Crippen molar-refractivity contribution in [2.75, 3.05) is 26.3 Å². The van der Waals surface area contributed by atoms with Crippen LogP contribution in [0.1, 0.15) is 47.3 Å². The highest BCUT2D eigenvalue weighted by Crippen LogP contribution is 2.24. The summed E-state index contributed by atoms with van der Waals surface area (Å²) in [5, 5.41) is 23.3. The van der Waals surface area contributed by atoms with E-state index in [0.29, 0.717) is 56.4 Å². The molecule has 7 nitrogen and oxygen atoms in total. The van der Waals surface area contributed by atoms with Crippen molar-refractivity contribution in [1.29, 1.82) is 0 Å². The third-order valence-electron chi connectivity index (χ3n) is 5.77. The fraction of sp³-hybridized carbons (Fsp3) is 0.367. The molecule has 0 aliphatic carbocycles. The van der Waals surface area contributed by atoms with Crippen molar-refractivity contribution >= 4 is 5.97 Å². The second kappa shape index (κ2) is 15.9. The number of nitrogens with one attached hydrogen (secondary N) is 1. The Morgan fingerprint density at radius 2 is 1.59 bits per heavy atom. The summed E-state index contributed by atoms with van der Waals surface area (Å²) in [6.07, 6.45) is 0.930. The zero-order valence-electron chi connectivity index (χ0n) is 21.4. The van der Waals surface area contributed by atoms with Crippen molar-refractivity contribution in [3.63, 3.8) is 0 Å². The molecule has 0 spiro atoms. The van der Waals surface area contributed by atoms with Crippen LogP contribution in [-0.4, -0.2) is 42.5 Å². The highest BCUT2D eigenvalue weighted by molar-refractivity contribution is 5.69. The molecule has 198 valence electrons. The van der Waals surface area contributed by atoms with Crippen molar-refractivity contribution in [2.24, 2.45) is 0 Å². The Balaban J connectivity index is 1.32. The number of ether oxygens (including phenoxy) is 3. The maximum atomic E-state index is 11.2. The molecule has 1 unspecified atom stereocenters. The van der Waals surface area contributed by atoms with E-state index >= 15 is 0 Å². The summed E-state index contributed by atoms with van der Waals surface area (Å²) >= 11 is 0. The monoisotopic (exact) mass is 507 g/mol. The number of esters is 1. The lowest BCUT2D eigenvalue weighted by Crippen LogP contribution is -2.24. The van der Waals surface area contributed by atoms with E-state index in [-0.39, 0.29) is 6.61 Å². The SMILES string of the molecule is CC(=O)Oc1ccc(C(O)CNCCc2cccc(COCCCOCc3ccccc3)c2)cc1CO. The Kier molecular flexibility index (Phi) is 12.3. The summed E-state index contributed by atoms with van der Waals surface area (Å²) in [7, 11) is 0. The first kappa shape index (κ1) is 28.5. The first-order valence-electron chi connectivity index (χ1n) is 12.6. The van der Waals surface area contributed by atoms with Gasteiger partial charge in [0, 0.05) is 32.2 Å². The second-order valence-electron chi connectivity index (χ2n) is 8.85. The van der Waals surface area contributed by atoms with E-state index in [1.54, 1.807) is 18.2 Å². The molecule has 37 heavy (non-hydrogen) atoms. The van der Waals surface area contributed by atoms with Crippen LogP contribution in [0.3, 0.4) is 0 Å². The number of hydrogen-bond acceptors (Lipinski definition) is 7. The van der Waals surface area contributed by atoms with Gasteiger partial charge in [0.15, 0.2) is 0 Å². The number of aliphatic hydroxyl groups excluding tert-OH is 2. The minimum Gasteiger partial charge on any atom is -0.426 e. The minimum atomic E-state index is -0.743. The third-order valence-corrected chi connectivity index (χ3v) is 5.77. The lowest BCUT2D eigenvalue weighted by Gasteiger charge is -2.15. The molecule has 3 rings (SSSR count). The normalized spacial score (nSPS) is 11.9. The summed E-state index contributed by atoms with van der Waals surface area (Å²) in [6.45, 7) is 4.61. The van der Waals surface area contributed by atoms with Gasteiger partial charge >= 0.3 is 5.97 Å². The smallest absolute Gasteiger partial charge is 0.308 e. The van der Waals surface area contributed by atoms with E-state index in [1.807, 2.05) is 24.3 Å². The zero-order chi connectivity index (χ0) is 26.3. The quantitative estimate of drug-likeness (QED) is 0.153. The molecular weight excluding hydrogens is 470 g/mol. The molecule has 0 bridgehead atoms. The molecule has 7 heteroatoms. The van der Waals surface area contributed by atoms with Crippen molar-refractivity contribution in [3.8, 4) is 5.75 Å². The summed E-state index contributed by atoms with van der Waals surface area (Å²) in [5.74, 6) is -0.149. The molecule has 0 radical (unpaired) electrons. The molecule has 0 heterocycles. The Morgan fingerprint density at radius 3 is 2.32 bits per heavy atom. The molecule has 0 aliphatic rings. The van der Waals surface area contributed by atoms with Gasteiger partial charge in [-0.15, -0.1) is 0 Å². The molecule has 0 fully saturated rings. The highest BCUT2D eigenvalue weighted by Gasteiger charge is 2.12. The molecule has 0 aromatic heterocycles.